The van der Waals surface area contributed by atoms with Gasteiger partial charge in [-0.1, -0.05) is 24.3 Å². The number of phenols is 1. The van der Waals surface area contributed by atoms with Crippen molar-refractivity contribution in [3.05, 3.63) is 59.9 Å². The Morgan fingerprint density at radius 3 is 2.59 bits per heavy atom. The summed E-state index contributed by atoms with van der Waals surface area (Å²) in [4.78, 5) is 9.16. The third-order valence-corrected chi connectivity index (χ3v) is 4.69. The molecule has 3 rings (SSSR count). The summed E-state index contributed by atoms with van der Waals surface area (Å²) in [7, 11) is 0. The number of nitrogens with one attached hydrogen (secondary N) is 1. The molecule has 5 nitrogen and oxygen atoms in total. The highest BCUT2D eigenvalue weighted by molar-refractivity contribution is 5.80. The highest BCUT2D eigenvalue weighted by Crippen LogP contribution is 2.27. The highest BCUT2D eigenvalue weighted by Gasteiger charge is 2.21. The normalized spacial score (nSPS) is 15.1. The number of nitrogens with zero attached hydrogens (tertiary/aromatic N) is 3. The number of para-hydroxylation sites is 2. The Morgan fingerprint density at radius 1 is 1.11 bits per heavy atom. The summed E-state index contributed by atoms with van der Waals surface area (Å²) in [5.74, 6) is 1.01. The van der Waals surface area contributed by atoms with Crippen LogP contribution in [0.4, 0.5) is 10.1 Å². The average Bonchev–Trinajstić information content (AvgIpc) is 2.68. The van der Waals surface area contributed by atoms with Crippen molar-refractivity contribution >= 4 is 11.6 Å². The van der Waals surface area contributed by atoms with E-state index in [1.807, 2.05) is 24.3 Å². The molecule has 0 spiro atoms. The number of aromatic hydroxyl groups is 1. The summed E-state index contributed by atoms with van der Waals surface area (Å²) in [5, 5.41) is 13.4. The van der Waals surface area contributed by atoms with E-state index in [0.717, 1.165) is 49.9 Å². The zero-order valence-electron chi connectivity index (χ0n) is 15.7. The second-order valence-electron chi connectivity index (χ2n) is 6.58. The van der Waals surface area contributed by atoms with Crippen LogP contribution in [0.2, 0.25) is 0 Å². The number of guanidine groups is 1. The van der Waals surface area contributed by atoms with Crippen molar-refractivity contribution in [2.45, 2.75) is 13.3 Å². The standard InChI is InChI=1S/C21H27FN4O/c1-2-23-21(24-11-10-17-6-5-7-18(22)16-17)26-14-12-25(13-15-26)19-8-3-4-9-20(19)27/h3-9,16,27H,2,10-15H2,1H3,(H,23,24). The lowest BCUT2D eigenvalue weighted by Gasteiger charge is -2.37. The molecule has 2 N–H and O–H groups in total. The van der Waals surface area contributed by atoms with Crippen LogP contribution in [0.5, 0.6) is 5.75 Å². The van der Waals surface area contributed by atoms with Crippen molar-refractivity contribution in [3.63, 3.8) is 0 Å². The van der Waals surface area contributed by atoms with Crippen LogP contribution in [0, 0.1) is 5.82 Å². The number of rotatable bonds is 5. The molecule has 0 aliphatic carbocycles. The minimum atomic E-state index is -0.205. The Balaban J connectivity index is 1.58. The first-order chi connectivity index (χ1) is 13.2. The summed E-state index contributed by atoms with van der Waals surface area (Å²) >= 11 is 0. The van der Waals surface area contributed by atoms with Gasteiger partial charge in [0, 0.05) is 39.3 Å². The molecule has 0 atom stereocenters. The van der Waals surface area contributed by atoms with Gasteiger partial charge in [-0.3, -0.25) is 4.99 Å². The van der Waals surface area contributed by atoms with E-state index in [9.17, 15) is 9.50 Å². The van der Waals surface area contributed by atoms with Crippen LogP contribution in [0.15, 0.2) is 53.5 Å². The predicted molar refractivity (Wildman–Crippen MR) is 108 cm³/mol. The third-order valence-electron chi connectivity index (χ3n) is 4.69. The van der Waals surface area contributed by atoms with Crippen LogP contribution in [0.3, 0.4) is 0 Å². The van der Waals surface area contributed by atoms with Gasteiger partial charge in [-0.15, -0.1) is 0 Å². The first-order valence-corrected chi connectivity index (χ1v) is 9.48. The average molecular weight is 370 g/mol. The molecule has 0 aromatic heterocycles. The van der Waals surface area contributed by atoms with Gasteiger partial charge in [0.15, 0.2) is 5.96 Å². The number of anilines is 1. The molecule has 0 unspecified atom stereocenters. The largest absolute Gasteiger partial charge is 0.506 e. The minimum Gasteiger partial charge on any atom is -0.506 e. The number of hydrogen-bond donors (Lipinski definition) is 2. The van der Waals surface area contributed by atoms with E-state index in [1.165, 1.54) is 6.07 Å². The molecule has 2 aromatic carbocycles. The molecular weight excluding hydrogens is 343 g/mol. The van der Waals surface area contributed by atoms with Crippen LogP contribution in [-0.2, 0) is 6.42 Å². The van der Waals surface area contributed by atoms with Crippen molar-refractivity contribution in [3.8, 4) is 5.75 Å². The smallest absolute Gasteiger partial charge is 0.194 e. The van der Waals surface area contributed by atoms with Crippen molar-refractivity contribution < 1.29 is 9.50 Å². The zero-order valence-corrected chi connectivity index (χ0v) is 15.7. The van der Waals surface area contributed by atoms with Gasteiger partial charge in [0.05, 0.1) is 5.69 Å². The molecule has 1 fully saturated rings. The Bertz CT molecular complexity index is 772. The van der Waals surface area contributed by atoms with Gasteiger partial charge >= 0.3 is 0 Å². The number of benzene rings is 2. The second kappa shape index (κ2) is 9.26. The van der Waals surface area contributed by atoms with Gasteiger partial charge in [-0.05, 0) is 43.2 Å². The fourth-order valence-electron chi connectivity index (χ4n) is 3.30. The van der Waals surface area contributed by atoms with Crippen LogP contribution in [0.1, 0.15) is 12.5 Å². The Kier molecular flexibility index (Phi) is 6.52. The Labute approximate surface area is 160 Å². The summed E-state index contributed by atoms with van der Waals surface area (Å²) in [6.07, 6.45) is 0.713. The first kappa shape index (κ1) is 19.0. The molecule has 0 saturated carbocycles. The van der Waals surface area contributed by atoms with E-state index < -0.39 is 0 Å². The monoisotopic (exact) mass is 370 g/mol. The molecular formula is C21H27FN4O. The molecule has 0 amide bonds. The molecule has 0 radical (unpaired) electrons. The Morgan fingerprint density at radius 2 is 1.89 bits per heavy atom. The molecule has 2 aromatic rings. The van der Waals surface area contributed by atoms with Gasteiger partial charge in [0.2, 0.25) is 0 Å². The molecule has 144 valence electrons. The molecule has 1 aliphatic heterocycles. The van der Waals surface area contributed by atoms with E-state index in [0.29, 0.717) is 18.7 Å². The lowest BCUT2D eigenvalue weighted by atomic mass is 10.1. The van der Waals surface area contributed by atoms with E-state index in [1.54, 1.807) is 18.2 Å². The maximum atomic E-state index is 13.3. The summed E-state index contributed by atoms with van der Waals surface area (Å²) in [6, 6.07) is 14.1. The summed E-state index contributed by atoms with van der Waals surface area (Å²) in [5.41, 5.74) is 1.84. The fraction of sp³-hybridized carbons (Fsp3) is 0.381. The van der Waals surface area contributed by atoms with E-state index in [-0.39, 0.29) is 5.82 Å². The number of halogens is 1. The van der Waals surface area contributed by atoms with E-state index in [4.69, 9.17) is 4.99 Å². The number of hydrogen-bond acceptors (Lipinski definition) is 3. The minimum absolute atomic E-state index is 0.205. The van der Waals surface area contributed by atoms with Crippen LogP contribution >= 0.6 is 0 Å². The predicted octanol–water partition coefficient (Wildman–Crippen LogP) is 2.86. The van der Waals surface area contributed by atoms with Crippen LogP contribution < -0.4 is 10.2 Å². The second-order valence-corrected chi connectivity index (χ2v) is 6.58. The quantitative estimate of drug-likeness (QED) is 0.628. The zero-order chi connectivity index (χ0) is 19.1. The van der Waals surface area contributed by atoms with Crippen molar-refractivity contribution in [2.24, 2.45) is 4.99 Å². The lowest BCUT2D eigenvalue weighted by molar-refractivity contribution is 0.370. The molecule has 6 heteroatoms. The number of aliphatic imine (C=N–C) groups is 1. The number of piperazine rings is 1. The summed E-state index contributed by atoms with van der Waals surface area (Å²) in [6.45, 7) is 6.79. The lowest BCUT2D eigenvalue weighted by Crippen LogP contribution is -2.52. The third kappa shape index (κ3) is 5.12. The fourth-order valence-corrected chi connectivity index (χ4v) is 3.30. The van der Waals surface area contributed by atoms with Crippen molar-refractivity contribution in [2.75, 3.05) is 44.2 Å². The Hall–Kier alpha value is -2.76. The van der Waals surface area contributed by atoms with Gasteiger partial charge in [0.25, 0.3) is 0 Å². The van der Waals surface area contributed by atoms with E-state index in [2.05, 4.69) is 22.0 Å². The van der Waals surface area contributed by atoms with Crippen LogP contribution in [-0.4, -0.2) is 55.2 Å². The van der Waals surface area contributed by atoms with Crippen LogP contribution in [0.25, 0.3) is 0 Å². The molecule has 1 heterocycles. The van der Waals surface area contributed by atoms with Gasteiger partial charge in [-0.25, -0.2) is 4.39 Å². The van der Waals surface area contributed by atoms with Gasteiger partial charge in [0.1, 0.15) is 11.6 Å². The number of phenolic OH excluding ortho intramolecular Hbond substituents is 1. The topological polar surface area (TPSA) is 51.1 Å². The molecule has 1 aliphatic rings. The molecule has 27 heavy (non-hydrogen) atoms. The highest BCUT2D eigenvalue weighted by atomic mass is 19.1. The van der Waals surface area contributed by atoms with Gasteiger partial charge in [-0.2, -0.15) is 0 Å². The van der Waals surface area contributed by atoms with E-state index >= 15 is 0 Å². The maximum Gasteiger partial charge on any atom is 0.194 e. The van der Waals surface area contributed by atoms with Crippen molar-refractivity contribution in [1.82, 2.24) is 10.2 Å². The first-order valence-electron chi connectivity index (χ1n) is 9.48. The van der Waals surface area contributed by atoms with Crippen molar-refractivity contribution in [1.29, 1.82) is 0 Å². The van der Waals surface area contributed by atoms with Gasteiger partial charge < -0.3 is 20.2 Å². The summed E-state index contributed by atoms with van der Waals surface area (Å²) < 4.78 is 13.3. The molecule has 1 saturated heterocycles. The maximum absolute atomic E-state index is 13.3. The SMILES string of the molecule is CCNC(=NCCc1cccc(F)c1)N1CCN(c2ccccc2O)CC1. The molecule has 0 bridgehead atoms.